The number of likely N-dealkylation sites (N-methyl/N-ethyl adjacent to an activating group) is 1. The number of hydrogen-bond donors (Lipinski definition) is 2. The molecule has 4 heteroatoms. The largest absolute Gasteiger partial charge is 0.493 e. The van der Waals surface area contributed by atoms with Crippen LogP contribution in [0, 0.1) is 5.92 Å². The van der Waals surface area contributed by atoms with Crippen molar-refractivity contribution >= 4 is 5.91 Å². The number of carbonyl (C=O) groups is 1. The topological polar surface area (TPSA) is 50.4 Å². The summed E-state index contributed by atoms with van der Waals surface area (Å²) in [5, 5.41) is 6.20. The lowest BCUT2D eigenvalue weighted by molar-refractivity contribution is -0.123. The summed E-state index contributed by atoms with van der Waals surface area (Å²) in [6, 6.07) is 6.29. The van der Waals surface area contributed by atoms with E-state index in [-0.39, 0.29) is 18.0 Å². The van der Waals surface area contributed by atoms with E-state index in [9.17, 15) is 4.79 Å². The van der Waals surface area contributed by atoms with Crippen LogP contribution in [0.5, 0.6) is 5.75 Å². The van der Waals surface area contributed by atoms with Crippen LogP contribution in [0.1, 0.15) is 44.4 Å². The van der Waals surface area contributed by atoms with Crippen LogP contribution in [-0.4, -0.2) is 25.6 Å². The lowest BCUT2D eigenvalue weighted by Gasteiger charge is -2.24. The minimum Gasteiger partial charge on any atom is -0.493 e. The molecule has 2 rings (SSSR count). The molecule has 1 aromatic carbocycles. The second-order valence-corrected chi connectivity index (χ2v) is 6.15. The summed E-state index contributed by atoms with van der Waals surface area (Å²) in [6.45, 7) is 7.15. The maximum absolute atomic E-state index is 12.0. The fourth-order valence-corrected chi connectivity index (χ4v) is 2.77. The summed E-state index contributed by atoms with van der Waals surface area (Å²) in [5.74, 6) is 1.52. The minimum absolute atomic E-state index is 0.0556. The van der Waals surface area contributed by atoms with Crippen LogP contribution in [0.4, 0.5) is 0 Å². The molecule has 1 aliphatic rings. The lowest BCUT2D eigenvalue weighted by atomic mass is 9.99. The molecular weight excluding hydrogens is 264 g/mol. The van der Waals surface area contributed by atoms with Gasteiger partial charge in [-0.3, -0.25) is 10.1 Å². The number of carbonyl (C=O) groups excluding carboxylic acids is 1. The van der Waals surface area contributed by atoms with Crippen molar-refractivity contribution in [1.29, 1.82) is 0 Å². The van der Waals surface area contributed by atoms with E-state index in [1.165, 1.54) is 11.1 Å². The number of fused-ring (bicyclic) bond motifs is 1. The normalized spacial score (nSPS) is 16.2. The van der Waals surface area contributed by atoms with Crippen molar-refractivity contribution in [3.8, 4) is 5.75 Å². The van der Waals surface area contributed by atoms with E-state index in [0.29, 0.717) is 5.92 Å². The van der Waals surface area contributed by atoms with E-state index in [1.807, 2.05) is 6.07 Å². The molecule has 0 bridgehead atoms. The maximum Gasteiger partial charge on any atom is 0.236 e. The molecule has 1 aromatic rings. The number of hydrogen-bond acceptors (Lipinski definition) is 3. The van der Waals surface area contributed by atoms with Crippen molar-refractivity contribution in [3.63, 3.8) is 0 Å². The Balaban J connectivity index is 2.07. The molecule has 1 amide bonds. The molecular formula is C17H26N2O2. The van der Waals surface area contributed by atoms with E-state index in [2.05, 4.69) is 43.5 Å². The molecule has 116 valence electrons. The summed E-state index contributed by atoms with van der Waals surface area (Å²) in [5.41, 5.74) is 2.47. The van der Waals surface area contributed by atoms with Gasteiger partial charge in [-0.15, -0.1) is 0 Å². The molecule has 2 N–H and O–H groups in total. The zero-order valence-electron chi connectivity index (χ0n) is 13.4. The van der Waals surface area contributed by atoms with Crippen molar-refractivity contribution in [3.05, 3.63) is 29.3 Å². The Kier molecular flexibility index (Phi) is 5.23. The van der Waals surface area contributed by atoms with Crippen LogP contribution in [0.2, 0.25) is 0 Å². The standard InChI is InChI=1S/C17H26N2O2/c1-11(2)9-15(17(20)18-4)19-12(3)13-5-6-16-14(10-13)7-8-21-16/h5-6,10-12,15,19H,7-9H2,1-4H3,(H,18,20). The van der Waals surface area contributed by atoms with Crippen molar-refractivity contribution in [2.24, 2.45) is 5.92 Å². The zero-order chi connectivity index (χ0) is 15.4. The van der Waals surface area contributed by atoms with Gasteiger partial charge >= 0.3 is 0 Å². The number of ether oxygens (including phenoxy) is 1. The third-order valence-electron chi connectivity index (χ3n) is 3.93. The monoisotopic (exact) mass is 290 g/mol. The fraction of sp³-hybridized carbons (Fsp3) is 0.588. The van der Waals surface area contributed by atoms with Crippen molar-refractivity contribution < 1.29 is 9.53 Å². The molecule has 21 heavy (non-hydrogen) atoms. The average Bonchev–Trinajstić information content (AvgIpc) is 2.92. The first-order valence-electron chi connectivity index (χ1n) is 7.74. The van der Waals surface area contributed by atoms with Crippen LogP contribution in [-0.2, 0) is 11.2 Å². The Labute approximate surface area is 127 Å². The van der Waals surface area contributed by atoms with Gasteiger partial charge in [0.15, 0.2) is 0 Å². The summed E-state index contributed by atoms with van der Waals surface area (Å²) in [4.78, 5) is 12.0. The maximum atomic E-state index is 12.0. The SMILES string of the molecule is CNC(=O)C(CC(C)C)NC(C)c1ccc2c(c1)CCO2. The van der Waals surface area contributed by atoms with Gasteiger partial charge in [0.2, 0.25) is 5.91 Å². The van der Waals surface area contributed by atoms with Gasteiger partial charge in [-0.05, 0) is 36.5 Å². The Morgan fingerprint density at radius 3 is 2.76 bits per heavy atom. The van der Waals surface area contributed by atoms with E-state index in [4.69, 9.17) is 4.74 Å². The zero-order valence-corrected chi connectivity index (χ0v) is 13.4. The van der Waals surface area contributed by atoms with Crippen LogP contribution in [0.3, 0.4) is 0 Å². The molecule has 0 aromatic heterocycles. The Bertz CT molecular complexity index is 500. The average molecular weight is 290 g/mol. The second kappa shape index (κ2) is 6.94. The van der Waals surface area contributed by atoms with Crippen LogP contribution < -0.4 is 15.4 Å². The molecule has 0 aliphatic carbocycles. The Morgan fingerprint density at radius 2 is 2.10 bits per heavy atom. The van der Waals surface area contributed by atoms with Gasteiger partial charge in [-0.1, -0.05) is 26.0 Å². The first kappa shape index (κ1) is 15.8. The molecule has 0 saturated carbocycles. The highest BCUT2D eigenvalue weighted by Crippen LogP contribution is 2.28. The summed E-state index contributed by atoms with van der Waals surface area (Å²) >= 11 is 0. The molecule has 0 fully saturated rings. The molecule has 0 radical (unpaired) electrons. The van der Waals surface area contributed by atoms with E-state index in [0.717, 1.165) is 25.2 Å². The van der Waals surface area contributed by atoms with Crippen molar-refractivity contribution in [1.82, 2.24) is 10.6 Å². The molecule has 2 atom stereocenters. The molecule has 0 spiro atoms. The van der Waals surface area contributed by atoms with Crippen molar-refractivity contribution in [2.75, 3.05) is 13.7 Å². The van der Waals surface area contributed by atoms with Crippen LogP contribution in [0.25, 0.3) is 0 Å². The summed E-state index contributed by atoms with van der Waals surface area (Å²) in [7, 11) is 1.69. The van der Waals surface area contributed by atoms with Gasteiger partial charge in [0.25, 0.3) is 0 Å². The van der Waals surface area contributed by atoms with E-state index in [1.54, 1.807) is 7.05 Å². The smallest absolute Gasteiger partial charge is 0.236 e. The molecule has 1 aliphatic heterocycles. The number of benzene rings is 1. The van der Waals surface area contributed by atoms with E-state index < -0.39 is 0 Å². The van der Waals surface area contributed by atoms with Gasteiger partial charge in [-0.25, -0.2) is 0 Å². The Morgan fingerprint density at radius 1 is 1.33 bits per heavy atom. The Hall–Kier alpha value is -1.55. The minimum atomic E-state index is -0.158. The highest BCUT2D eigenvalue weighted by Gasteiger charge is 2.22. The number of amides is 1. The molecule has 2 unspecified atom stereocenters. The quantitative estimate of drug-likeness (QED) is 0.846. The summed E-state index contributed by atoms with van der Waals surface area (Å²) in [6.07, 6.45) is 1.80. The first-order valence-corrected chi connectivity index (χ1v) is 7.74. The predicted molar refractivity (Wildman–Crippen MR) is 84.5 cm³/mol. The third-order valence-corrected chi connectivity index (χ3v) is 3.93. The number of nitrogens with one attached hydrogen (secondary N) is 2. The third kappa shape index (κ3) is 3.97. The van der Waals surface area contributed by atoms with Crippen molar-refractivity contribution in [2.45, 2.75) is 45.7 Å². The van der Waals surface area contributed by atoms with Gasteiger partial charge < -0.3 is 10.1 Å². The van der Waals surface area contributed by atoms with Gasteiger partial charge in [0, 0.05) is 19.5 Å². The number of rotatable bonds is 6. The highest BCUT2D eigenvalue weighted by molar-refractivity contribution is 5.81. The van der Waals surface area contributed by atoms with Gasteiger partial charge in [0.1, 0.15) is 5.75 Å². The van der Waals surface area contributed by atoms with Crippen LogP contribution in [0.15, 0.2) is 18.2 Å². The first-order chi connectivity index (χ1) is 10.0. The molecule has 0 saturated heterocycles. The summed E-state index contributed by atoms with van der Waals surface area (Å²) < 4.78 is 5.54. The van der Waals surface area contributed by atoms with Crippen LogP contribution >= 0.6 is 0 Å². The van der Waals surface area contributed by atoms with E-state index >= 15 is 0 Å². The fourth-order valence-electron chi connectivity index (χ4n) is 2.77. The highest BCUT2D eigenvalue weighted by atomic mass is 16.5. The molecule has 1 heterocycles. The lowest BCUT2D eigenvalue weighted by Crippen LogP contribution is -2.44. The molecule has 4 nitrogen and oxygen atoms in total. The second-order valence-electron chi connectivity index (χ2n) is 6.15. The van der Waals surface area contributed by atoms with Gasteiger partial charge in [0.05, 0.1) is 12.6 Å². The predicted octanol–water partition coefficient (Wildman–Crippen LogP) is 2.43. The van der Waals surface area contributed by atoms with Gasteiger partial charge in [-0.2, -0.15) is 0 Å².